The zero-order valence-electron chi connectivity index (χ0n) is 6.16. The third-order valence-electron chi connectivity index (χ3n) is 1.09. The van der Waals surface area contributed by atoms with Crippen molar-refractivity contribution in [1.82, 2.24) is 0 Å². The minimum absolute atomic E-state index is 0.438. The van der Waals surface area contributed by atoms with Crippen LogP contribution < -0.4 is 0 Å². The first-order valence-electron chi connectivity index (χ1n) is 3.23. The summed E-state index contributed by atoms with van der Waals surface area (Å²) in [6, 6.07) is 0. The Balaban J connectivity index is 3.68. The Morgan fingerprint density at radius 2 is 2.20 bits per heavy atom. The van der Waals surface area contributed by atoms with Gasteiger partial charge in [0.2, 0.25) is 0 Å². The van der Waals surface area contributed by atoms with Gasteiger partial charge in [0.25, 0.3) is 0 Å². The van der Waals surface area contributed by atoms with E-state index < -0.39 is 12.1 Å². The molecule has 0 radical (unpaired) electrons. The SMILES string of the molecule is CCOC(CC)C(=O)OO. The molecule has 0 aliphatic carbocycles. The van der Waals surface area contributed by atoms with E-state index in [0.717, 1.165) is 0 Å². The second kappa shape index (κ2) is 5.20. The van der Waals surface area contributed by atoms with Crippen molar-refractivity contribution in [2.45, 2.75) is 26.4 Å². The van der Waals surface area contributed by atoms with Gasteiger partial charge in [0.15, 0.2) is 6.10 Å². The molecule has 0 aromatic carbocycles. The van der Waals surface area contributed by atoms with Crippen molar-refractivity contribution in [3.63, 3.8) is 0 Å². The van der Waals surface area contributed by atoms with Crippen LogP contribution in [0.25, 0.3) is 0 Å². The topological polar surface area (TPSA) is 55.8 Å². The molecule has 4 heteroatoms. The van der Waals surface area contributed by atoms with Crippen molar-refractivity contribution < 1.29 is 19.7 Å². The summed E-state index contributed by atoms with van der Waals surface area (Å²) in [7, 11) is 0. The van der Waals surface area contributed by atoms with E-state index in [9.17, 15) is 4.79 Å². The van der Waals surface area contributed by atoms with Gasteiger partial charge >= 0.3 is 5.97 Å². The third-order valence-corrected chi connectivity index (χ3v) is 1.09. The Morgan fingerprint density at radius 3 is 2.50 bits per heavy atom. The van der Waals surface area contributed by atoms with Gasteiger partial charge in [0.05, 0.1) is 0 Å². The Labute approximate surface area is 59.7 Å². The largest absolute Gasteiger partial charge is 0.370 e. The van der Waals surface area contributed by atoms with Crippen LogP contribution in [0.1, 0.15) is 20.3 Å². The van der Waals surface area contributed by atoms with Crippen molar-refractivity contribution in [3.05, 3.63) is 0 Å². The molecule has 0 amide bonds. The van der Waals surface area contributed by atoms with Gasteiger partial charge < -0.3 is 4.74 Å². The molecule has 0 spiro atoms. The molecule has 0 fully saturated rings. The van der Waals surface area contributed by atoms with Gasteiger partial charge in [-0.3, -0.25) is 4.89 Å². The molecule has 1 N–H and O–H groups in total. The molecule has 0 saturated heterocycles. The number of carbonyl (C=O) groups excluding carboxylic acids is 1. The highest BCUT2D eigenvalue weighted by molar-refractivity contribution is 5.73. The fourth-order valence-electron chi connectivity index (χ4n) is 0.613. The summed E-state index contributed by atoms with van der Waals surface area (Å²) in [4.78, 5) is 14.0. The highest BCUT2D eigenvalue weighted by atomic mass is 17.1. The Morgan fingerprint density at radius 1 is 1.60 bits per heavy atom. The Bertz CT molecular complexity index is 102. The van der Waals surface area contributed by atoms with Crippen molar-refractivity contribution in [1.29, 1.82) is 0 Å². The lowest BCUT2D eigenvalue weighted by Gasteiger charge is -2.09. The van der Waals surface area contributed by atoms with Crippen LogP contribution in [0, 0.1) is 0 Å². The predicted octanol–water partition coefficient (Wildman–Crippen LogP) is 0.818. The maximum atomic E-state index is 10.5. The molecular formula is C6H12O4. The average molecular weight is 148 g/mol. The first-order valence-corrected chi connectivity index (χ1v) is 3.23. The third kappa shape index (κ3) is 2.80. The summed E-state index contributed by atoms with van der Waals surface area (Å²) in [5.74, 6) is -0.732. The molecule has 0 aromatic rings. The zero-order valence-corrected chi connectivity index (χ0v) is 6.16. The minimum atomic E-state index is -0.732. The normalized spacial score (nSPS) is 12.7. The molecule has 1 unspecified atom stereocenters. The van der Waals surface area contributed by atoms with Crippen molar-refractivity contribution >= 4 is 5.97 Å². The molecule has 0 rings (SSSR count). The van der Waals surface area contributed by atoms with Crippen molar-refractivity contribution in [2.75, 3.05) is 6.61 Å². The van der Waals surface area contributed by atoms with Gasteiger partial charge in [-0.05, 0) is 13.3 Å². The molecule has 10 heavy (non-hydrogen) atoms. The number of hydrogen-bond acceptors (Lipinski definition) is 4. The lowest BCUT2D eigenvalue weighted by atomic mass is 10.3. The average Bonchev–Trinajstić information content (AvgIpc) is 1.99. The van der Waals surface area contributed by atoms with Crippen LogP contribution in [-0.4, -0.2) is 23.9 Å². The van der Waals surface area contributed by atoms with Gasteiger partial charge in [0, 0.05) is 6.61 Å². The number of ether oxygens (including phenoxy) is 1. The summed E-state index contributed by atoms with van der Waals surface area (Å²) < 4.78 is 4.91. The molecule has 0 aliphatic heterocycles. The van der Waals surface area contributed by atoms with Crippen LogP contribution in [0.3, 0.4) is 0 Å². The molecule has 60 valence electrons. The van der Waals surface area contributed by atoms with Crippen molar-refractivity contribution in [2.24, 2.45) is 0 Å². The van der Waals surface area contributed by atoms with E-state index in [4.69, 9.17) is 9.99 Å². The van der Waals surface area contributed by atoms with E-state index in [2.05, 4.69) is 4.89 Å². The van der Waals surface area contributed by atoms with Gasteiger partial charge in [-0.1, -0.05) is 6.92 Å². The molecule has 0 aromatic heterocycles. The van der Waals surface area contributed by atoms with Crippen LogP contribution in [0.15, 0.2) is 0 Å². The quantitative estimate of drug-likeness (QED) is 0.473. The fraction of sp³-hybridized carbons (Fsp3) is 0.833. The highest BCUT2D eigenvalue weighted by Crippen LogP contribution is 1.98. The number of rotatable bonds is 4. The minimum Gasteiger partial charge on any atom is -0.367 e. The summed E-state index contributed by atoms with van der Waals surface area (Å²) in [5.41, 5.74) is 0. The van der Waals surface area contributed by atoms with Crippen LogP contribution >= 0.6 is 0 Å². The molecular weight excluding hydrogens is 136 g/mol. The highest BCUT2D eigenvalue weighted by Gasteiger charge is 2.17. The lowest BCUT2D eigenvalue weighted by molar-refractivity contribution is -0.244. The van der Waals surface area contributed by atoms with Crippen molar-refractivity contribution in [3.8, 4) is 0 Å². The van der Waals surface area contributed by atoms with Gasteiger partial charge in [-0.25, -0.2) is 4.79 Å². The standard InChI is InChI=1S/C6H12O4/c1-3-5(9-4-2)6(7)10-8/h5,8H,3-4H2,1-2H3. The molecule has 0 saturated carbocycles. The molecule has 0 aliphatic rings. The van der Waals surface area contributed by atoms with Crippen LogP contribution in [-0.2, 0) is 14.4 Å². The molecule has 1 atom stereocenters. The predicted molar refractivity (Wildman–Crippen MR) is 34.4 cm³/mol. The zero-order chi connectivity index (χ0) is 7.98. The van der Waals surface area contributed by atoms with Gasteiger partial charge in [-0.15, -0.1) is 0 Å². The second-order valence-electron chi connectivity index (χ2n) is 1.76. The smallest absolute Gasteiger partial charge is 0.367 e. The molecule has 0 heterocycles. The van der Waals surface area contributed by atoms with Crippen LogP contribution in [0.4, 0.5) is 0 Å². The van der Waals surface area contributed by atoms with E-state index in [1.165, 1.54) is 0 Å². The summed E-state index contributed by atoms with van der Waals surface area (Å²) in [5, 5.41) is 7.93. The number of hydrogen-bond donors (Lipinski definition) is 1. The first-order chi connectivity index (χ1) is 4.76. The van der Waals surface area contributed by atoms with E-state index in [1.54, 1.807) is 13.8 Å². The maximum Gasteiger partial charge on any atom is 0.370 e. The maximum absolute atomic E-state index is 10.5. The summed E-state index contributed by atoms with van der Waals surface area (Å²) in [6.45, 7) is 3.98. The van der Waals surface area contributed by atoms with E-state index in [0.29, 0.717) is 13.0 Å². The van der Waals surface area contributed by atoms with Crippen LogP contribution in [0.2, 0.25) is 0 Å². The monoisotopic (exact) mass is 148 g/mol. The lowest BCUT2D eigenvalue weighted by Crippen LogP contribution is -2.24. The van der Waals surface area contributed by atoms with Gasteiger partial charge in [-0.2, -0.15) is 5.26 Å². The van der Waals surface area contributed by atoms with E-state index >= 15 is 0 Å². The van der Waals surface area contributed by atoms with Crippen LogP contribution in [0.5, 0.6) is 0 Å². The molecule has 0 bridgehead atoms. The summed E-state index contributed by atoms with van der Waals surface area (Å²) in [6.07, 6.45) is -0.122. The Kier molecular flexibility index (Phi) is 4.88. The Hall–Kier alpha value is -0.610. The van der Waals surface area contributed by atoms with E-state index in [1.807, 2.05) is 0 Å². The fourth-order valence-corrected chi connectivity index (χ4v) is 0.613. The first kappa shape index (κ1) is 9.39. The second-order valence-corrected chi connectivity index (χ2v) is 1.76. The summed E-state index contributed by atoms with van der Waals surface area (Å²) >= 11 is 0. The van der Waals surface area contributed by atoms with E-state index in [-0.39, 0.29) is 0 Å². The van der Waals surface area contributed by atoms with Gasteiger partial charge in [0.1, 0.15) is 0 Å². The molecule has 4 nitrogen and oxygen atoms in total. The number of carbonyl (C=O) groups is 1.